The van der Waals surface area contributed by atoms with Gasteiger partial charge in [0.15, 0.2) is 0 Å². The second kappa shape index (κ2) is 6.45. The Morgan fingerprint density at radius 3 is 2.47 bits per heavy atom. The minimum Gasteiger partial charge on any atom is -0.395 e. The van der Waals surface area contributed by atoms with Gasteiger partial charge in [-0.05, 0) is 24.5 Å². The average molecular weight is 289 g/mol. The van der Waals surface area contributed by atoms with Crippen LogP contribution in [0.5, 0.6) is 0 Å². The highest BCUT2D eigenvalue weighted by atomic mass is 32.2. The lowest BCUT2D eigenvalue weighted by molar-refractivity contribution is 0.183. The normalized spacial score (nSPS) is 15.2. The summed E-state index contributed by atoms with van der Waals surface area (Å²) in [6.45, 7) is -0.248. The molecule has 0 fully saturated rings. The van der Waals surface area contributed by atoms with Crippen molar-refractivity contribution in [2.45, 2.75) is 18.3 Å². The van der Waals surface area contributed by atoms with Crippen molar-refractivity contribution >= 4 is 9.84 Å². The molecule has 108 valence electrons. The molecule has 0 saturated heterocycles. The maximum Gasteiger partial charge on any atom is 0.147 e. The van der Waals surface area contributed by atoms with Crippen LogP contribution in [0.4, 0.5) is 4.39 Å². The summed E-state index contributed by atoms with van der Waals surface area (Å²) in [6, 6.07) is 6.13. The molecule has 0 amide bonds. The first kappa shape index (κ1) is 16.1. The molecule has 0 bridgehead atoms. The predicted molar refractivity (Wildman–Crippen MR) is 73.2 cm³/mol. The van der Waals surface area contributed by atoms with E-state index >= 15 is 0 Å². The monoisotopic (exact) mass is 289 g/mol. The molecular weight excluding hydrogens is 269 g/mol. The summed E-state index contributed by atoms with van der Waals surface area (Å²) in [5.41, 5.74) is 5.11. The number of benzene rings is 1. The van der Waals surface area contributed by atoms with E-state index in [1.165, 1.54) is 6.07 Å². The van der Waals surface area contributed by atoms with Gasteiger partial charge in [-0.1, -0.05) is 18.2 Å². The van der Waals surface area contributed by atoms with E-state index in [1.807, 2.05) is 0 Å². The Hall–Kier alpha value is -0.980. The lowest BCUT2D eigenvalue weighted by Crippen LogP contribution is -2.40. The molecule has 0 aliphatic carbocycles. The first-order valence-electron chi connectivity index (χ1n) is 6.08. The van der Waals surface area contributed by atoms with Crippen LogP contribution in [0.1, 0.15) is 18.4 Å². The molecule has 4 nitrogen and oxygen atoms in total. The van der Waals surface area contributed by atoms with Crippen LogP contribution in [0.15, 0.2) is 24.3 Å². The summed E-state index contributed by atoms with van der Waals surface area (Å²) in [5.74, 6) is -0.426. The number of nitrogens with two attached hydrogens (primary N) is 1. The first-order chi connectivity index (χ1) is 8.84. The molecule has 0 saturated carbocycles. The Morgan fingerprint density at radius 2 is 2.00 bits per heavy atom. The van der Waals surface area contributed by atoms with Crippen LogP contribution in [0.2, 0.25) is 0 Å². The van der Waals surface area contributed by atoms with Crippen LogP contribution in [0, 0.1) is 5.82 Å². The largest absolute Gasteiger partial charge is 0.395 e. The zero-order valence-corrected chi connectivity index (χ0v) is 11.8. The van der Waals surface area contributed by atoms with E-state index in [2.05, 4.69) is 0 Å². The van der Waals surface area contributed by atoms with E-state index in [0.717, 1.165) is 6.26 Å². The molecule has 1 aromatic carbocycles. The smallest absolute Gasteiger partial charge is 0.147 e. The highest BCUT2D eigenvalue weighted by Gasteiger charge is 2.32. The van der Waals surface area contributed by atoms with Gasteiger partial charge in [0.25, 0.3) is 0 Å². The number of hydrogen-bond donors (Lipinski definition) is 2. The number of aliphatic hydroxyl groups excluding tert-OH is 1. The fourth-order valence-corrected chi connectivity index (χ4v) is 2.81. The van der Waals surface area contributed by atoms with E-state index in [9.17, 15) is 17.9 Å². The van der Waals surface area contributed by atoms with Crippen molar-refractivity contribution in [2.24, 2.45) is 5.73 Å². The maximum absolute atomic E-state index is 13.8. The van der Waals surface area contributed by atoms with Crippen LogP contribution < -0.4 is 5.73 Å². The summed E-state index contributed by atoms with van der Waals surface area (Å²) >= 11 is 0. The van der Waals surface area contributed by atoms with Crippen molar-refractivity contribution in [3.05, 3.63) is 35.6 Å². The van der Waals surface area contributed by atoms with Crippen molar-refractivity contribution in [3.63, 3.8) is 0 Å². The van der Waals surface area contributed by atoms with Crippen molar-refractivity contribution in [3.8, 4) is 0 Å². The van der Waals surface area contributed by atoms with E-state index in [4.69, 9.17) is 5.73 Å². The van der Waals surface area contributed by atoms with Gasteiger partial charge in [0.1, 0.15) is 15.7 Å². The van der Waals surface area contributed by atoms with E-state index in [1.54, 1.807) is 18.2 Å². The van der Waals surface area contributed by atoms with Gasteiger partial charge in [-0.3, -0.25) is 0 Å². The van der Waals surface area contributed by atoms with E-state index in [-0.39, 0.29) is 18.9 Å². The molecule has 0 spiro atoms. The minimum absolute atomic E-state index is 0.00318. The van der Waals surface area contributed by atoms with Crippen LogP contribution in [0.3, 0.4) is 0 Å². The second-order valence-corrected chi connectivity index (χ2v) is 7.12. The summed E-state index contributed by atoms with van der Waals surface area (Å²) in [5, 5.41) is 9.59. The van der Waals surface area contributed by atoms with Gasteiger partial charge in [0.05, 0.1) is 6.61 Å². The Bertz CT molecular complexity index is 512. The SMILES string of the molecule is CS(=O)(=O)CCCC(CN)(CO)c1ccccc1F. The second-order valence-electron chi connectivity index (χ2n) is 4.86. The summed E-state index contributed by atoms with van der Waals surface area (Å²) in [6.07, 6.45) is 1.82. The number of aliphatic hydroxyl groups is 1. The summed E-state index contributed by atoms with van der Waals surface area (Å²) in [7, 11) is -3.07. The molecule has 0 aliphatic rings. The molecule has 0 aromatic heterocycles. The van der Waals surface area contributed by atoms with Gasteiger partial charge in [-0.25, -0.2) is 12.8 Å². The Balaban J connectivity index is 2.95. The number of halogens is 1. The molecule has 1 rings (SSSR count). The highest BCUT2D eigenvalue weighted by molar-refractivity contribution is 7.90. The van der Waals surface area contributed by atoms with Gasteiger partial charge in [0, 0.05) is 24.0 Å². The van der Waals surface area contributed by atoms with E-state index in [0.29, 0.717) is 18.4 Å². The predicted octanol–water partition coefficient (Wildman–Crippen LogP) is 0.839. The number of hydrogen-bond acceptors (Lipinski definition) is 4. The molecule has 1 atom stereocenters. The highest BCUT2D eigenvalue weighted by Crippen LogP contribution is 2.30. The van der Waals surface area contributed by atoms with Crippen LogP contribution in [-0.4, -0.2) is 38.7 Å². The Labute approximate surface area is 113 Å². The van der Waals surface area contributed by atoms with Gasteiger partial charge >= 0.3 is 0 Å². The van der Waals surface area contributed by atoms with Crippen molar-refractivity contribution in [2.75, 3.05) is 25.2 Å². The molecule has 0 aliphatic heterocycles. The average Bonchev–Trinajstić information content (AvgIpc) is 2.35. The lowest BCUT2D eigenvalue weighted by Gasteiger charge is -2.31. The Morgan fingerprint density at radius 1 is 1.37 bits per heavy atom. The fourth-order valence-electron chi connectivity index (χ4n) is 2.14. The molecule has 0 heterocycles. The molecule has 1 aromatic rings. The Kier molecular flexibility index (Phi) is 5.46. The van der Waals surface area contributed by atoms with Gasteiger partial charge < -0.3 is 10.8 Å². The number of rotatable bonds is 7. The standard InChI is InChI=1S/C13H20FNO3S/c1-19(17,18)8-4-7-13(9-15,10-16)11-5-2-3-6-12(11)14/h2-3,5-6,16H,4,7-10,15H2,1H3. The van der Waals surface area contributed by atoms with Gasteiger partial charge in [-0.15, -0.1) is 0 Å². The number of sulfone groups is 1. The topological polar surface area (TPSA) is 80.4 Å². The summed E-state index contributed by atoms with van der Waals surface area (Å²) < 4.78 is 36.1. The zero-order valence-electron chi connectivity index (χ0n) is 11.0. The summed E-state index contributed by atoms with van der Waals surface area (Å²) in [4.78, 5) is 0. The van der Waals surface area contributed by atoms with E-state index < -0.39 is 21.1 Å². The molecule has 6 heteroatoms. The molecule has 19 heavy (non-hydrogen) atoms. The molecule has 3 N–H and O–H groups in total. The third-order valence-electron chi connectivity index (χ3n) is 3.31. The zero-order chi connectivity index (χ0) is 14.5. The lowest BCUT2D eigenvalue weighted by atomic mass is 9.77. The van der Waals surface area contributed by atoms with Crippen molar-refractivity contribution in [1.29, 1.82) is 0 Å². The first-order valence-corrected chi connectivity index (χ1v) is 8.14. The maximum atomic E-state index is 13.8. The molecule has 0 radical (unpaired) electrons. The molecular formula is C13H20FNO3S. The fraction of sp³-hybridized carbons (Fsp3) is 0.538. The van der Waals surface area contributed by atoms with Crippen LogP contribution >= 0.6 is 0 Å². The third kappa shape index (κ3) is 4.26. The van der Waals surface area contributed by atoms with Crippen LogP contribution in [0.25, 0.3) is 0 Å². The minimum atomic E-state index is -3.07. The molecule has 1 unspecified atom stereocenters. The quantitative estimate of drug-likeness (QED) is 0.779. The van der Waals surface area contributed by atoms with Gasteiger partial charge in [0.2, 0.25) is 0 Å². The van der Waals surface area contributed by atoms with Crippen molar-refractivity contribution in [1.82, 2.24) is 0 Å². The third-order valence-corrected chi connectivity index (χ3v) is 4.34. The van der Waals surface area contributed by atoms with Crippen LogP contribution in [-0.2, 0) is 15.3 Å². The van der Waals surface area contributed by atoms with Gasteiger partial charge in [-0.2, -0.15) is 0 Å². The van der Waals surface area contributed by atoms with Crippen molar-refractivity contribution < 1.29 is 17.9 Å².